The van der Waals surface area contributed by atoms with E-state index in [9.17, 15) is 4.79 Å². The van der Waals surface area contributed by atoms with E-state index in [2.05, 4.69) is 27.9 Å². The van der Waals surface area contributed by atoms with Gasteiger partial charge in [0.05, 0.1) is 6.54 Å². The Hall–Kier alpha value is -0.760. The van der Waals surface area contributed by atoms with Crippen molar-refractivity contribution in [2.24, 2.45) is 0 Å². The number of nitrogens with zero attached hydrogens (tertiary/aromatic N) is 1. The Kier molecular flexibility index (Phi) is 5.54. The molecule has 1 fully saturated rings. The molecule has 0 aromatic carbocycles. The number of furan rings is 1. The Morgan fingerprint density at radius 1 is 1.48 bits per heavy atom. The monoisotopic (exact) mass is 406 g/mol. The second-order valence-corrected chi connectivity index (χ2v) is 7.35. The van der Waals surface area contributed by atoms with Gasteiger partial charge in [-0.1, -0.05) is 0 Å². The van der Waals surface area contributed by atoms with E-state index in [1.165, 1.54) is 0 Å². The number of ether oxygens (including phenoxy) is 1. The summed E-state index contributed by atoms with van der Waals surface area (Å²) in [5, 5.41) is 3.30. The highest BCUT2D eigenvalue weighted by molar-refractivity contribution is 14.1. The zero-order valence-corrected chi connectivity index (χ0v) is 15.0. The van der Waals surface area contributed by atoms with E-state index in [4.69, 9.17) is 9.15 Å². The van der Waals surface area contributed by atoms with Crippen LogP contribution in [-0.2, 0) is 11.3 Å². The molecular weight excluding hydrogens is 383 g/mol. The first kappa shape index (κ1) is 16.6. The van der Waals surface area contributed by atoms with Gasteiger partial charge in [0.15, 0.2) is 3.77 Å². The van der Waals surface area contributed by atoms with Gasteiger partial charge in [-0.15, -0.1) is 0 Å². The lowest BCUT2D eigenvalue weighted by Crippen LogP contribution is -2.41. The second-order valence-electron chi connectivity index (χ2n) is 6.29. The Balaban J connectivity index is 1.74. The summed E-state index contributed by atoms with van der Waals surface area (Å²) >= 11 is 2.15. The zero-order valence-electron chi connectivity index (χ0n) is 12.8. The highest BCUT2D eigenvalue weighted by atomic mass is 127. The van der Waals surface area contributed by atoms with Crippen LogP contribution in [0.3, 0.4) is 0 Å². The van der Waals surface area contributed by atoms with Crippen molar-refractivity contribution in [1.29, 1.82) is 0 Å². The van der Waals surface area contributed by atoms with Crippen LogP contribution in [-0.4, -0.2) is 35.7 Å². The van der Waals surface area contributed by atoms with E-state index in [1.54, 1.807) is 0 Å². The molecule has 1 heterocycles. The molecule has 0 radical (unpaired) electrons. The van der Waals surface area contributed by atoms with Crippen LogP contribution in [0, 0.1) is 3.77 Å². The first-order valence-corrected chi connectivity index (χ1v) is 8.37. The topological polar surface area (TPSA) is 54.7 Å². The third-order valence-corrected chi connectivity index (χ3v) is 3.65. The first-order valence-electron chi connectivity index (χ1n) is 7.30. The molecule has 0 atom stereocenters. The standard InChI is InChI=1S/C15H23IN2O3/c1-15(2,3)21-14(19)18(11-4-5-11)9-8-17-10-12-6-7-13(16)20-12/h6-7,11,17H,4-5,8-10H2,1-3H3. The number of hydrogen-bond acceptors (Lipinski definition) is 4. The smallest absolute Gasteiger partial charge is 0.410 e. The van der Waals surface area contributed by atoms with Crippen molar-refractivity contribution < 1.29 is 13.9 Å². The molecule has 0 spiro atoms. The van der Waals surface area contributed by atoms with E-state index in [1.807, 2.05) is 37.8 Å². The van der Waals surface area contributed by atoms with Gasteiger partial charge in [0, 0.05) is 19.1 Å². The largest absolute Gasteiger partial charge is 0.454 e. The Morgan fingerprint density at radius 3 is 2.71 bits per heavy atom. The lowest BCUT2D eigenvalue weighted by molar-refractivity contribution is 0.0236. The van der Waals surface area contributed by atoms with Gasteiger partial charge in [0.1, 0.15) is 11.4 Å². The average molecular weight is 406 g/mol. The molecule has 0 unspecified atom stereocenters. The fraction of sp³-hybridized carbons (Fsp3) is 0.667. The summed E-state index contributed by atoms with van der Waals surface area (Å²) in [7, 11) is 0. The molecule has 0 bridgehead atoms. The normalized spacial score (nSPS) is 15.0. The summed E-state index contributed by atoms with van der Waals surface area (Å²) in [5.74, 6) is 0.912. The molecule has 5 nitrogen and oxygen atoms in total. The lowest BCUT2D eigenvalue weighted by atomic mass is 10.2. The van der Waals surface area contributed by atoms with Gasteiger partial charge in [0.25, 0.3) is 0 Å². The molecule has 1 aliphatic rings. The third-order valence-electron chi connectivity index (χ3n) is 3.07. The number of carbonyl (C=O) groups is 1. The van der Waals surface area contributed by atoms with Gasteiger partial charge in [0.2, 0.25) is 0 Å². The number of amides is 1. The molecule has 1 saturated carbocycles. The molecule has 1 aromatic rings. The van der Waals surface area contributed by atoms with Crippen LogP contribution in [0.25, 0.3) is 0 Å². The predicted molar refractivity (Wildman–Crippen MR) is 89.1 cm³/mol. The minimum Gasteiger partial charge on any atom is -0.454 e. The molecule has 1 N–H and O–H groups in total. The number of hydrogen-bond donors (Lipinski definition) is 1. The molecule has 21 heavy (non-hydrogen) atoms. The van der Waals surface area contributed by atoms with Crippen molar-refractivity contribution in [2.45, 2.75) is 51.8 Å². The molecule has 6 heteroatoms. The van der Waals surface area contributed by atoms with Gasteiger partial charge < -0.3 is 19.4 Å². The maximum atomic E-state index is 12.2. The van der Waals surface area contributed by atoms with E-state index in [0.29, 0.717) is 19.1 Å². The molecule has 1 amide bonds. The number of nitrogens with one attached hydrogen (secondary N) is 1. The molecule has 0 saturated heterocycles. The molecular formula is C15H23IN2O3. The summed E-state index contributed by atoms with van der Waals surface area (Å²) < 4.78 is 11.8. The molecule has 1 aliphatic carbocycles. The minimum absolute atomic E-state index is 0.209. The van der Waals surface area contributed by atoms with Crippen molar-refractivity contribution >= 4 is 28.7 Å². The zero-order chi connectivity index (χ0) is 15.5. The van der Waals surface area contributed by atoms with Crippen molar-refractivity contribution in [2.75, 3.05) is 13.1 Å². The first-order chi connectivity index (χ1) is 9.85. The van der Waals surface area contributed by atoms with Crippen LogP contribution < -0.4 is 5.32 Å². The minimum atomic E-state index is -0.442. The molecule has 0 aliphatic heterocycles. The Bertz CT molecular complexity index is 478. The van der Waals surface area contributed by atoms with E-state index in [0.717, 1.165) is 28.9 Å². The fourth-order valence-electron chi connectivity index (χ4n) is 1.99. The van der Waals surface area contributed by atoms with E-state index < -0.39 is 5.60 Å². The number of carbonyl (C=O) groups excluding carboxylic acids is 1. The Morgan fingerprint density at radius 2 is 2.19 bits per heavy atom. The maximum Gasteiger partial charge on any atom is 0.410 e. The highest BCUT2D eigenvalue weighted by Crippen LogP contribution is 2.28. The summed E-state index contributed by atoms with van der Waals surface area (Å²) in [6, 6.07) is 4.25. The molecule has 1 aromatic heterocycles. The summed E-state index contributed by atoms with van der Waals surface area (Å²) in [6.07, 6.45) is 1.95. The predicted octanol–water partition coefficient (Wildman–Crippen LogP) is 3.37. The Labute approximate surface area is 139 Å². The van der Waals surface area contributed by atoms with Crippen LogP contribution in [0.1, 0.15) is 39.4 Å². The van der Waals surface area contributed by atoms with Crippen LogP contribution in [0.15, 0.2) is 16.5 Å². The van der Waals surface area contributed by atoms with Gasteiger partial charge in [-0.2, -0.15) is 0 Å². The van der Waals surface area contributed by atoms with Crippen LogP contribution in [0.2, 0.25) is 0 Å². The fourth-order valence-corrected chi connectivity index (χ4v) is 2.45. The van der Waals surface area contributed by atoms with Crippen molar-refractivity contribution in [3.8, 4) is 0 Å². The number of rotatable bonds is 6. The van der Waals surface area contributed by atoms with Gasteiger partial charge in [-0.05, 0) is 68.3 Å². The van der Waals surface area contributed by atoms with Crippen molar-refractivity contribution in [1.82, 2.24) is 10.2 Å². The summed E-state index contributed by atoms with van der Waals surface area (Å²) in [6.45, 7) is 7.76. The molecule has 2 rings (SSSR count). The van der Waals surface area contributed by atoms with E-state index >= 15 is 0 Å². The number of halogens is 1. The average Bonchev–Trinajstić information content (AvgIpc) is 3.10. The summed E-state index contributed by atoms with van der Waals surface area (Å²) in [5.41, 5.74) is -0.442. The maximum absolute atomic E-state index is 12.2. The second kappa shape index (κ2) is 7.00. The van der Waals surface area contributed by atoms with Crippen molar-refractivity contribution in [3.05, 3.63) is 21.7 Å². The van der Waals surface area contributed by atoms with Gasteiger partial charge >= 0.3 is 6.09 Å². The van der Waals surface area contributed by atoms with Crippen LogP contribution >= 0.6 is 22.6 Å². The van der Waals surface area contributed by atoms with Crippen LogP contribution in [0.4, 0.5) is 4.79 Å². The quantitative estimate of drug-likeness (QED) is 0.582. The van der Waals surface area contributed by atoms with E-state index in [-0.39, 0.29) is 6.09 Å². The third kappa shape index (κ3) is 5.86. The van der Waals surface area contributed by atoms with Crippen LogP contribution in [0.5, 0.6) is 0 Å². The SMILES string of the molecule is CC(C)(C)OC(=O)N(CCNCc1ccc(I)o1)C1CC1. The highest BCUT2D eigenvalue weighted by Gasteiger charge is 2.34. The van der Waals surface area contributed by atoms with Gasteiger partial charge in [-0.3, -0.25) is 0 Å². The van der Waals surface area contributed by atoms with Gasteiger partial charge in [-0.25, -0.2) is 4.79 Å². The summed E-state index contributed by atoms with van der Waals surface area (Å²) in [4.78, 5) is 14.0. The van der Waals surface area contributed by atoms with Crippen molar-refractivity contribution in [3.63, 3.8) is 0 Å². The lowest BCUT2D eigenvalue weighted by Gasteiger charge is -2.27. The molecule has 118 valence electrons.